The van der Waals surface area contributed by atoms with Crippen LogP contribution in [0.15, 0.2) is 24.3 Å². The molecular formula is C12H19NO. The monoisotopic (exact) mass is 193 g/mol. The maximum atomic E-state index is 9.30. The van der Waals surface area contributed by atoms with Gasteiger partial charge in [0.2, 0.25) is 0 Å². The number of hydrogen-bond donors (Lipinski definition) is 2. The van der Waals surface area contributed by atoms with Crippen LogP contribution >= 0.6 is 0 Å². The highest BCUT2D eigenvalue weighted by Crippen LogP contribution is 2.15. The molecule has 2 aliphatic rings. The Morgan fingerprint density at radius 1 is 1.00 bits per heavy atom. The normalized spacial score (nSPS) is 37.4. The van der Waals surface area contributed by atoms with Crippen molar-refractivity contribution >= 4 is 0 Å². The van der Waals surface area contributed by atoms with Crippen LogP contribution in [-0.4, -0.2) is 23.3 Å². The summed E-state index contributed by atoms with van der Waals surface area (Å²) in [6.07, 6.45) is 14.1. The van der Waals surface area contributed by atoms with Crippen LogP contribution in [0.3, 0.4) is 0 Å². The Hall–Kier alpha value is -0.600. The van der Waals surface area contributed by atoms with Crippen molar-refractivity contribution in [2.45, 2.75) is 50.3 Å². The summed E-state index contributed by atoms with van der Waals surface area (Å²) in [5.74, 6) is 0. The quantitative estimate of drug-likeness (QED) is 0.655. The fraction of sp³-hybridized carbons (Fsp3) is 0.667. The van der Waals surface area contributed by atoms with Crippen LogP contribution in [0.25, 0.3) is 0 Å². The van der Waals surface area contributed by atoms with E-state index in [-0.39, 0.29) is 6.10 Å². The van der Waals surface area contributed by atoms with Gasteiger partial charge >= 0.3 is 0 Å². The molecular weight excluding hydrogens is 174 g/mol. The van der Waals surface area contributed by atoms with E-state index in [0.29, 0.717) is 12.1 Å². The van der Waals surface area contributed by atoms with Gasteiger partial charge in [0, 0.05) is 12.1 Å². The molecule has 3 unspecified atom stereocenters. The SMILES string of the molecule is OC1C=CC(NC2C=CCCC2)CC1. The third kappa shape index (κ3) is 2.69. The van der Waals surface area contributed by atoms with Crippen LogP contribution in [0.5, 0.6) is 0 Å². The first kappa shape index (κ1) is 9.94. The van der Waals surface area contributed by atoms with E-state index in [1.165, 1.54) is 19.3 Å². The van der Waals surface area contributed by atoms with Crippen molar-refractivity contribution in [2.24, 2.45) is 0 Å². The summed E-state index contributed by atoms with van der Waals surface area (Å²) < 4.78 is 0. The number of nitrogens with one attached hydrogen (secondary N) is 1. The lowest BCUT2D eigenvalue weighted by molar-refractivity contribution is 0.196. The molecule has 0 amide bonds. The van der Waals surface area contributed by atoms with E-state index in [1.807, 2.05) is 6.08 Å². The molecule has 0 aromatic rings. The Labute approximate surface area is 85.7 Å². The second-order valence-corrected chi connectivity index (χ2v) is 4.27. The van der Waals surface area contributed by atoms with Gasteiger partial charge in [-0.2, -0.15) is 0 Å². The lowest BCUT2D eigenvalue weighted by Gasteiger charge is -2.26. The maximum Gasteiger partial charge on any atom is 0.0722 e. The summed E-state index contributed by atoms with van der Waals surface area (Å²) in [5.41, 5.74) is 0. The lowest BCUT2D eigenvalue weighted by atomic mass is 9.97. The molecule has 0 aliphatic heterocycles. The largest absolute Gasteiger partial charge is 0.389 e. The van der Waals surface area contributed by atoms with Crippen molar-refractivity contribution in [1.82, 2.24) is 5.32 Å². The van der Waals surface area contributed by atoms with Crippen molar-refractivity contribution in [2.75, 3.05) is 0 Å². The highest BCUT2D eigenvalue weighted by Gasteiger charge is 2.16. The summed E-state index contributed by atoms with van der Waals surface area (Å²) in [4.78, 5) is 0. The van der Waals surface area contributed by atoms with Crippen molar-refractivity contribution in [3.63, 3.8) is 0 Å². The van der Waals surface area contributed by atoms with Crippen molar-refractivity contribution in [1.29, 1.82) is 0 Å². The molecule has 2 aliphatic carbocycles. The van der Waals surface area contributed by atoms with Gasteiger partial charge in [-0.05, 0) is 32.1 Å². The van der Waals surface area contributed by atoms with Gasteiger partial charge in [-0.3, -0.25) is 0 Å². The van der Waals surface area contributed by atoms with E-state index in [1.54, 1.807) is 0 Å². The fourth-order valence-corrected chi connectivity index (χ4v) is 2.17. The molecule has 0 heterocycles. The van der Waals surface area contributed by atoms with Crippen LogP contribution in [-0.2, 0) is 0 Å². The van der Waals surface area contributed by atoms with E-state index in [2.05, 4.69) is 23.5 Å². The fourth-order valence-electron chi connectivity index (χ4n) is 2.17. The van der Waals surface area contributed by atoms with Crippen LogP contribution < -0.4 is 5.32 Å². The number of allylic oxidation sites excluding steroid dienone is 1. The molecule has 0 saturated carbocycles. The topological polar surface area (TPSA) is 32.3 Å². The molecule has 2 heteroatoms. The maximum absolute atomic E-state index is 9.30. The van der Waals surface area contributed by atoms with Crippen molar-refractivity contribution in [3.8, 4) is 0 Å². The minimum Gasteiger partial charge on any atom is -0.389 e. The summed E-state index contributed by atoms with van der Waals surface area (Å²) >= 11 is 0. The average molecular weight is 193 g/mol. The van der Waals surface area contributed by atoms with Crippen molar-refractivity contribution < 1.29 is 5.11 Å². The lowest BCUT2D eigenvalue weighted by Crippen LogP contribution is -2.38. The summed E-state index contributed by atoms with van der Waals surface area (Å²) in [6.45, 7) is 0. The van der Waals surface area contributed by atoms with E-state index >= 15 is 0 Å². The number of rotatable bonds is 2. The summed E-state index contributed by atoms with van der Waals surface area (Å²) in [5, 5.41) is 12.9. The number of aliphatic hydroxyl groups excluding tert-OH is 1. The molecule has 0 fully saturated rings. The zero-order valence-electron chi connectivity index (χ0n) is 8.52. The zero-order chi connectivity index (χ0) is 9.80. The highest BCUT2D eigenvalue weighted by atomic mass is 16.3. The van der Waals surface area contributed by atoms with Crippen LogP contribution in [0.4, 0.5) is 0 Å². The first-order valence-electron chi connectivity index (χ1n) is 5.64. The smallest absolute Gasteiger partial charge is 0.0722 e. The van der Waals surface area contributed by atoms with Crippen LogP contribution in [0.1, 0.15) is 32.1 Å². The standard InChI is InChI=1S/C12H19NO/c14-12-8-6-11(7-9-12)13-10-4-2-1-3-5-10/h2,4,6,8,10-14H,1,3,5,7,9H2. The van der Waals surface area contributed by atoms with Gasteiger partial charge in [0.05, 0.1) is 6.10 Å². The predicted molar refractivity (Wildman–Crippen MR) is 58.1 cm³/mol. The van der Waals surface area contributed by atoms with E-state index in [4.69, 9.17) is 0 Å². The Morgan fingerprint density at radius 2 is 1.86 bits per heavy atom. The van der Waals surface area contributed by atoms with Gasteiger partial charge in [-0.25, -0.2) is 0 Å². The van der Waals surface area contributed by atoms with Crippen LogP contribution in [0.2, 0.25) is 0 Å². The molecule has 78 valence electrons. The second-order valence-electron chi connectivity index (χ2n) is 4.27. The molecule has 0 bridgehead atoms. The summed E-state index contributed by atoms with van der Waals surface area (Å²) in [7, 11) is 0. The molecule has 2 rings (SSSR count). The zero-order valence-corrected chi connectivity index (χ0v) is 8.52. The van der Waals surface area contributed by atoms with E-state index in [0.717, 1.165) is 12.8 Å². The Morgan fingerprint density at radius 3 is 2.50 bits per heavy atom. The molecule has 0 aromatic carbocycles. The minimum atomic E-state index is -0.213. The molecule has 2 nitrogen and oxygen atoms in total. The van der Waals surface area contributed by atoms with Crippen molar-refractivity contribution in [3.05, 3.63) is 24.3 Å². The van der Waals surface area contributed by atoms with Gasteiger partial charge < -0.3 is 10.4 Å². The Bertz CT molecular complexity index is 234. The molecule has 0 saturated heterocycles. The molecule has 0 spiro atoms. The average Bonchev–Trinajstić information content (AvgIpc) is 2.23. The first-order valence-corrected chi connectivity index (χ1v) is 5.64. The van der Waals surface area contributed by atoms with Gasteiger partial charge in [-0.1, -0.05) is 24.3 Å². The minimum absolute atomic E-state index is 0.213. The third-order valence-corrected chi connectivity index (χ3v) is 3.02. The molecule has 0 aromatic heterocycles. The Balaban J connectivity index is 1.82. The van der Waals surface area contributed by atoms with Gasteiger partial charge in [-0.15, -0.1) is 0 Å². The van der Waals surface area contributed by atoms with Crippen LogP contribution in [0, 0.1) is 0 Å². The molecule has 0 radical (unpaired) electrons. The predicted octanol–water partition coefficient (Wildman–Crippen LogP) is 1.76. The first-order chi connectivity index (χ1) is 6.84. The number of aliphatic hydroxyl groups is 1. The van der Waals surface area contributed by atoms with E-state index in [9.17, 15) is 5.11 Å². The Kier molecular flexibility index (Phi) is 3.38. The molecule has 2 N–H and O–H groups in total. The highest BCUT2D eigenvalue weighted by molar-refractivity contribution is 5.06. The van der Waals surface area contributed by atoms with Gasteiger partial charge in [0.1, 0.15) is 0 Å². The molecule has 3 atom stereocenters. The third-order valence-electron chi connectivity index (χ3n) is 3.02. The van der Waals surface area contributed by atoms with Gasteiger partial charge in [0.15, 0.2) is 0 Å². The number of hydrogen-bond acceptors (Lipinski definition) is 2. The second kappa shape index (κ2) is 4.76. The summed E-state index contributed by atoms with van der Waals surface area (Å²) in [6, 6.07) is 1.01. The van der Waals surface area contributed by atoms with Gasteiger partial charge in [0.25, 0.3) is 0 Å². The van der Waals surface area contributed by atoms with E-state index < -0.39 is 0 Å². The molecule has 14 heavy (non-hydrogen) atoms.